The maximum Gasteiger partial charge on any atom is 0.0598 e. The lowest BCUT2D eigenvalue weighted by Gasteiger charge is -2.18. The molecule has 1 aliphatic heterocycles. The molecule has 0 saturated carbocycles. The highest BCUT2D eigenvalue weighted by Crippen LogP contribution is 2.30. The summed E-state index contributed by atoms with van der Waals surface area (Å²) in [4.78, 5) is 2.32. The molecule has 1 heterocycles. The van der Waals surface area contributed by atoms with Gasteiger partial charge < -0.3 is 10.6 Å². The predicted octanol–water partition coefficient (Wildman–Crippen LogP) is 5.04. The molecule has 0 aliphatic carbocycles. The number of benzene rings is 2. The Morgan fingerprint density at radius 2 is 1.55 bits per heavy atom. The summed E-state index contributed by atoms with van der Waals surface area (Å²) >= 11 is 12.0. The summed E-state index contributed by atoms with van der Waals surface area (Å²) in [5.74, 6) is 0. The minimum Gasteiger partial charge on any atom is -0.370 e. The molecule has 1 atom stereocenters. The van der Waals surface area contributed by atoms with Crippen LogP contribution < -0.4 is 10.6 Å². The van der Waals surface area contributed by atoms with Gasteiger partial charge in [-0.3, -0.25) is 0 Å². The molecule has 2 aromatic rings. The third kappa shape index (κ3) is 4.21. The van der Waals surface area contributed by atoms with Crippen LogP contribution in [0.1, 0.15) is 6.42 Å². The van der Waals surface area contributed by atoms with Crippen molar-refractivity contribution in [2.75, 3.05) is 18.0 Å². The van der Waals surface area contributed by atoms with E-state index < -0.39 is 0 Å². The topological polar surface area (TPSA) is 29.3 Å². The van der Waals surface area contributed by atoms with Gasteiger partial charge in [0.2, 0.25) is 0 Å². The average molecular weight is 380 g/mol. The molecule has 2 aromatic carbocycles. The zero-order valence-electron chi connectivity index (χ0n) is 11.8. The number of anilines is 1. The summed E-state index contributed by atoms with van der Waals surface area (Å²) in [6, 6.07) is 14.5. The van der Waals surface area contributed by atoms with Crippen LogP contribution in [0, 0.1) is 0 Å². The van der Waals surface area contributed by atoms with Crippen LogP contribution in [0.5, 0.6) is 0 Å². The summed E-state index contributed by atoms with van der Waals surface area (Å²) in [5, 5.41) is 1.16. The molecular weight excluding hydrogens is 362 g/mol. The minimum absolute atomic E-state index is 0. The van der Waals surface area contributed by atoms with Crippen molar-refractivity contribution >= 4 is 53.7 Å². The fourth-order valence-electron chi connectivity index (χ4n) is 2.56. The van der Waals surface area contributed by atoms with Gasteiger partial charge in [0.25, 0.3) is 0 Å². The van der Waals surface area contributed by atoms with Gasteiger partial charge in [0.05, 0.1) is 10.0 Å². The van der Waals surface area contributed by atoms with E-state index in [0.29, 0.717) is 16.1 Å². The van der Waals surface area contributed by atoms with E-state index in [0.717, 1.165) is 30.6 Å². The highest BCUT2D eigenvalue weighted by molar-refractivity contribution is 6.42. The maximum absolute atomic E-state index is 6.06. The van der Waals surface area contributed by atoms with Gasteiger partial charge in [0.1, 0.15) is 0 Å². The Bertz CT molecular complexity index is 616. The number of nitrogens with zero attached hydrogens (tertiary/aromatic N) is 1. The van der Waals surface area contributed by atoms with Crippen molar-refractivity contribution in [2.45, 2.75) is 12.5 Å². The summed E-state index contributed by atoms with van der Waals surface area (Å²) in [6.07, 6.45) is 1.06. The number of hydrogen-bond acceptors (Lipinski definition) is 2. The molecule has 0 bridgehead atoms. The van der Waals surface area contributed by atoms with E-state index in [1.54, 1.807) is 0 Å². The van der Waals surface area contributed by atoms with Crippen molar-refractivity contribution in [3.63, 3.8) is 0 Å². The highest BCUT2D eigenvalue weighted by atomic mass is 35.5. The van der Waals surface area contributed by atoms with Crippen LogP contribution in [0.25, 0.3) is 11.1 Å². The SMILES string of the molecule is Cl.Cl.N[C@H]1CCN(c2ccc(-c3ccc(Cl)c(Cl)c3)cc2)C1. The Hall–Kier alpha value is -0.640. The Kier molecular flexibility index (Phi) is 7.30. The second-order valence-electron chi connectivity index (χ2n) is 5.17. The minimum atomic E-state index is 0. The van der Waals surface area contributed by atoms with Gasteiger partial charge in [-0.05, 0) is 41.8 Å². The normalized spacial score (nSPS) is 16.9. The van der Waals surface area contributed by atoms with Crippen LogP contribution in [0.15, 0.2) is 42.5 Å². The zero-order valence-corrected chi connectivity index (χ0v) is 15.0. The number of halogens is 4. The zero-order chi connectivity index (χ0) is 14.1. The quantitative estimate of drug-likeness (QED) is 0.791. The Balaban J connectivity index is 0.00000121. The first-order valence-corrected chi connectivity index (χ1v) is 7.45. The number of nitrogens with two attached hydrogens (primary N) is 1. The van der Waals surface area contributed by atoms with E-state index in [1.807, 2.05) is 18.2 Å². The van der Waals surface area contributed by atoms with E-state index in [1.165, 1.54) is 5.69 Å². The third-order valence-corrected chi connectivity index (χ3v) is 4.45. The lowest BCUT2D eigenvalue weighted by atomic mass is 10.1. The van der Waals surface area contributed by atoms with E-state index in [4.69, 9.17) is 28.9 Å². The van der Waals surface area contributed by atoms with Crippen LogP contribution in [-0.4, -0.2) is 19.1 Å². The van der Waals surface area contributed by atoms with Crippen LogP contribution in [0.4, 0.5) is 5.69 Å². The van der Waals surface area contributed by atoms with E-state index >= 15 is 0 Å². The first-order valence-electron chi connectivity index (χ1n) is 6.69. The first kappa shape index (κ1) is 19.4. The molecule has 3 rings (SSSR count). The van der Waals surface area contributed by atoms with Crippen LogP contribution >= 0.6 is 48.0 Å². The smallest absolute Gasteiger partial charge is 0.0598 e. The standard InChI is InChI=1S/C16H16Cl2N2.2ClH/c17-15-6-3-12(9-16(15)18)11-1-4-14(5-2-11)20-8-7-13(19)10-20;;/h1-6,9,13H,7-8,10,19H2;2*1H/t13-;;/m0../s1. The summed E-state index contributed by atoms with van der Waals surface area (Å²) in [6.45, 7) is 1.97. The van der Waals surface area contributed by atoms with Crippen molar-refractivity contribution in [3.8, 4) is 11.1 Å². The molecule has 120 valence electrons. The summed E-state index contributed by atoms with van der Waals surface area (Å²) in [7, 11) is 0. The van der Waals surface area contributed by atoms with Crippen molar-refractivity contribution < 1.29 is 0 Å². The lowest BCUT2D eigenvalue weighted by molar-refractivity contribution is 0.752. The lowest BCUT2D eigenvalue weighted by Crippen LogP contribution is -2.26. The van der Waals surface area contributed by atoms with Gasteiger partial charge >= 0.3 is 0 Å². The van der Waals surface area contributed by atoms with Crippen LogP contribution in [0.3, 0.4) is 0 Å². The fraction of sp³-hybridized carbons (Fsp3) is 0.250. The second-order valence-corrected chi connectivity index (χ2v) is 5.98. The van der Waals surface area contributed by atoms with Crippen molar-refractivity contribution in [3.05, 3.63) is 52.5 Å². The molecular formula is C16H18Cl4N2. The molecule has 0 amide bonds. The molecule has 0 radical (unpaired) electrons. The third-order valence-electron chi connectivity index (χ3n) is 3.71. The van der Waals surface area contributed by atoms with Gasteiger partial charge in [-0.15, -0.1) is 24.8 Å². The van der Waals surface area contributed by atoms with Gasteiger partial charge in [-0.1, -0.05) is 41.4 Å². The molecule has 0 aromatic heterocycles. The molecule has 1 saturated heterocycles. The fourth-order valence-corrected chi connectivity index (χ4v) is 2.86. The van der Waals surface area contributed by atoms with Gasteiger partial charge in [0.15, 0.2) is 0 Å². The second kappa shape index (κ2) is 8.28. The number of hydrogen-bond donors (Lipinski definition) is 1. The predicted molar refractivity (Wildman–Crippen MR) is 101 cm³/mol. The first-order chi connectivity index (χ1) is 9.63. The molecule has 1 aliphatic rings. The molecule has 22 heavy (non-hydrogen) atoms. The Labute approximate surface area is 153 Å². The van der Waals surface area contributed by atoms with E-state index in [2.05, 4.69) is 29.2 Å². The molecule has 2 N–H and O–H groups in total. The van der Waals surface area contributed by atoms with Crippen LogP contribution in [-0.2, 0) is 0 Å². The van der Waals surface area contributed by atoms with E-state index in [9.17, 15) is 0 Å². The average Bonchev–Trinajstić information content (AvgIpc) is 2.89. The maximum atomic E-state index is 6.06. The van der Waals surface area contributed by atoms with Gasteiger partial charge in [-0.25, -0.2) is 0 Å². The van der Waals surface area contributed by atoms with Gasteiger partial charge in [-0.2, -0.15) is 0 Å². The Morgan fingerprint density at radius 1 is 0.909 bits per heavy atom. The molecule has 2 nitrogen and oxygen atoms in total. The largest absolute Gasteiger partial charge is 0.370 e. The van der Waals surface area contributed by atoms with Crippen LogP contribution in [0.2, 0.25) is 10.0 Å². The van der Waals surface area contributed by atoms with Crippen molar-refractivity contribution in [2.24, 2.45) is 5.73 Å². The molecule has 0 unspecified atom stereocenters. The highest BCUT2D eigenvalue weighted by Gasteiger charge is 2.19. The summed E-state index contributed by atoms with van der Waals surface area (Å²) < 4.78 is 0. The molecule has 0 spiro atoms. The summed E-state index contributed by atoms with van der Waals surface area (Å²) in [5.41, 5.74) is 9.38. The monoisotopic (exact) mass is 378 g/mol. The Morgan fingerprint density at radius 3 is 2.09 bits per heavy atom. The van der Waals surface area contributed by atoms with Gasteiger partial charge in [0, 0.05) is 24.8 Å². The van der Waals surface area contributed by atoms with Crippen molar-refractivity contribution in [1.29, 1.82) is 0 Å². The number of rotatable bonds is 2. The van der Waals surface area contributed by atoms with Crippen molar-refractivity contribution in [1.82, 2.24) is 0 Å². The van der Waals surface area contributed by atoms with E-state index in [-0.39, 0.29) is 24.8 Å². The molecule has 6 heteroatoms. The molecule has 1 fully saturated rings.